The third-order valence-electron chi connectivity index (χ3n) is 3.04. The Balaban J connectivity index is 2.10. The normalized spacial score (nSPS) is 11.0. The van der Waals surface area contributed by atoms with Gasteiger partial charge in [-0.05, 0) is 57.0 Å². The van der Waals surface area contributed by atoms with Crippen LogP contribution in [0.3, 0.4) is 0 Å². The Kier molecular flexibility index (Phi) is 3.79. The summed E-state index contributed by atoms with van der Waals surface area (Å²) < 4.78 is 7.80. The molecule has 0 bridgehead atoms. The maximum Gasteiger partial charge on any atom is 0.132 e. The van der Waals surface area contributed by atoms with Crippen LogP contribution in [0.15, 0.2) is 24.4 Å². The number of nitrogens with two attached hydrogens (primary N) is 1. The minimum atomic E-state index is 0.369. The lowest BCUT2D eigenvalue weighted by Gasteiger charge is -2.12. The van der Waals surface area contributed by atoms with Crippen molar-refractivity contribution in [2.75, 3.05) is 5.73 Å². The van der Waals surface area contributed by atoms with Gasteiger partial charge in [-0.25, -0.2) is 0 Å². The second-order valence-electron chi connectivity index (χ2n) is 5.15. The lowest BCUT2D eigenvalue weighted by molar-refractivity contribution is 0.294. The minimum Gasteiger partial charge on any atom is -0.487 e. The van der Waals surface area contributed by atoms with Crippen LogP contribution in [0, 0.1) is 13.8 Å². The number of aromatic nitrogens is 2. The van der Waals surface area contributed by atoms with Gasteiger partial charge in [0, 0.05) is 17.9 Å². The Labute approximate surface area is 114 Å². The summed E-state index contributed by atoms with van der Waals surface area (Å²) in [6.45, 7) is 8.69. The van der Waals surface area contributed by atoms with Crippen molar-refractivity contribution in [3.05, 3.63) is 41.2 Å². The predicted molar refractivity (Wildman–Crippen MR) is 77.3 cm³/mol. The fourth-order valence-electron chi connectivity index (χ4n) is 2.10. The Morgan fingerprint density at radius 2 is 1.89 bits per heavy atom. The number of anilines is 1. The topological polar surface area (TPSA) is 53.1 Å². The van der Waals surface area contributed by atoms with E-state index in [0.717, 1.165) is 28.3 Å². The molecular formula is C15H21N3O. The average Bonchev–Trinajstić information content (AvgIpc) is 2.76. The summed E-state index contributed by atoms with van der Waals surface area (Å²) in [6, 6.07) is 6.21. The lowest BCUT2D eigenvalue weighted by atomic mass is 10.1. The maximum atomic E-state index is 5.87. The first-order valence-electron chi connectivity index (χ1n) is 6.51. The Bertz CT molecular complexity index is 550. The van der Waals surface area contributed by atoms with Crippen molar-refractivity contribution in [2.45, 2.75) is 40.3 Å². The molecule has 2 N–H and O–H groups in total. The molecule has 0 saturated heterocycles. The van der Waals surface area contributed by atoms with E-state index in [1.165, 1.54) is 0 Å². The number of aryl methyl sites for hydroxylation is 2. The van der Waals surface area contributed by atoms with Gasteiger partial charge in [-0.2, -0.15) is 5.10 Å². The molecule has 19 heavy (non-hydrogen) atoms. The van der Waals surface area contributed by atoms with E-state index < -0.39 is 0 Å². The van der Waals surface area contributed by atoms with Crippen LogP contribution in [0.25, 0.3) is 0 Å². The highest BCUT2D eigenvalue weighted by atomic mass is 16.5. The van der Waals surface area contributed by atoms with E-state index >= 15 is 0 Å². The van der Waals surface area contributed by atoms with E-state index in [0.29, 0.717) is 12.6 Å². The number of hydrogen-bond acceptors (Lipinski definition) is 3. The van der Waals surface area contributed by atoms with Gasteiger partial charge >= 0.3 is 0 Å². The highest BCUT2D eigenvalue weighted by Crippen LogP contribution is 2.26. The molecule has 0 aliphatic carbocycles. The van der Waals surface area contributed by atoms with Gasteiger partial charge in [0.1, 0.15) is 12.4 Å². The molecular weight excluding hydrogens is 238 g/mol. The summed E-state index contributed by atoms with van der Waals surface area (Å²) in [5.41, 5.74) is 9.62. The Hall–Kier alpha value is -1.97. The minimum absolute atomic E-state index is 0.369. The van der Waals surface area contributed by atoms with Crippen molar-refractivity contribution in [3.8, 4) is 5.75 Å². The molecule has 0 radical (unpaired) electrons. The molecule has 0 atom stereocenters. The predicted octanol–water partition coefficient (Wildman–Crippen LogP) is 3.24. The van der Waals surface area contributed by atoms with Gasteiger partial charge in [0.25, 0.3) is 0 Å². The largest absolute Gasteiger partial charge is 0.487 e. The second kappa shape index (κ2) is 5.34. The van der Waals surface area contributed by atoms with Crippen molar-refractivity contribution in [1.29, 1.82) is 0 Å². The highest BCUT2D eigenvalue weighted by molar-refractivity contribution is 5.52. The van der Waals surface area contributed by atoms with Crippen molar-refractivity contribution in [1.82, 2.24) is 9.78 Å². The van der Waals surface area contributed by atoms with Gasteiger partial charge < -0.3 is 10.5 Å². The first-order chi connectivity index (χ1) is 8.97. The van der Waals surface area contributed by atoms with Crippen LogP contribution in [0.4, 0.5) is 5.69 Å². The monoisotopic (exact) mass is 259 g/mol. The molecule has 0 spiro atoms. The molecule has 0 aliphatic heterocycles. The Morgan fingerprint density at radius 1 is 1.26 bits per heavy atom. The molecule has 0 saturated carbocycles. The molecule has 1 heterocycles. The van der Waals surface area contributed by atoms with Crippen molar-refractivity contribution >= 4 is 5.69 Å². The number of nitrogen functional groups attached to an aromatic ring is 1. The van der Waals surface area contributed by atoms with E-state index in [1.54, 1.807) is 0 Å². The summed E-state index contributed by atoms with van der Waals surface area (Å²) in [4.78, 5) is 0. The molecule has 0 amide bonds. The fourth-order valence-corrected chi connectivity index (χ4v) is 2.10. The summed E-state index contributed by atoms with van der Waals surface area (Å²) in [5.74, 6) is 0.897. The van der Waals surface area contributed by atoms with Crippen molar-refractivity contribution in [3.63, 3.8) is 0 Å². The van der Waals surface area contributed by atoms with Crippen LogP contribution >= 0.6 is 0 Å². The molecule has 0 fully saturated rings. The zero-order valence-corrected chi connectivity index (χ0v) is 12.0. The molecule has 1 aromatic heterocycles. The summed E-state index contributed by atoms with van der Waals surface area (Å²) in [7, 11) is 0. The number of hydrogen-bond donors (Lipinski definition) is 1. The van der Waals surface area contributed by atoms with Crippen LogP contribution in [0.2, 0.25) is 0 Å². The molecule has 4 heteroatoms. The van der Waals surface area contributed by atoms with E-state index in [9.17, 15) is 0 Å². The molecule has 0 aliphatic rings. The first-order valence-corrected chi connectivity index (χ1v) is 6.51. The van der Waals surface area contributed by atoms with Crippen LogP contribution in [0.1, 0.15) is 36.7 Å². The number of ether oxygens (including phenoxy) is 1. The molecule has 102 valence electrons. The Morgan fingerprint density at radius 3 is 2.42 bits per heavy atom. The molecule has 4 nitrogen and oxygen atoms in total. The van der Waals surface area contributed by atoms with Crippen LogP contribution < -0.4 is 10.5 Å². The van der Waals surface area contributed by atoms with Crippen LogP contribution in [-0.2, 0) is 6.61 Å². The molecule has 0 unspecified atom stereocenters. The zero-order chi connectivity index (χ0) is 14.0. The van der Waals surface area contributed by atoms with Crippen molar-refractivity contribution in [2.24, 2.45) is 0 Å². The third kappa shape index (κ3) is 3.08. The summed E-state index contributed by atoms with van der Waals surface area (Å²) >= 11 is 0. The first kappa shape index (κ1) is 13.5. The van der Waals surface area contributed by atoms with Gasteiger partial charge in [0.2, 0.25) is 0 Å². The van der Waals surface area contributed by atoms with Crippen LogP contribution in [-0.4, -0.2) is 9.78 Å². The van der Waals surface area contributed by atoms with E-state index in [-0.39, 0.29) is 0 Å². The number of benzene rings is 1. The lowest BCUT2D eigenvalue weighted by Crippen LogP contribution is -2.04. The van der Waals surface area contributed by atoms with Crippen molar-refractivity contribution < 1.29 is 4.74 Å². The smallest absolute Gasteiger partial charge is 0.132 e. The van der Waals surface area contributed by atoms with Gasteiger partial charge in [0.05, 0.1) is 5.69 Å². The highest BCUT2D eigenvalue weighted by Gasteiger charge is 2.07. The van der Waals surface area contributed by atoms with E-state index in [1.807, 2.05) is 42.9 Å². The fraction of sp³-hybridized carbons (Fsp3) is 0.400. The standard InChI is InChI=1S/C15H21N3O/c1-10(2)18-6-5-14(17-18)9-19-15-11(3)7-13(16)8-12(15)4/h5-8,10H,9,16H2,1-4H3. The summed E-state index contributed by atoms with van der Waals surface area (Å²) in [5, 5.41) is 4.47. The summed E-state index contributed by atoms with van der Waals surface area (Å²) in [6.07, 6.45) is 1.98. The van der Waals surface area contributed by atoms with Gasteiger partial charge in [-0.15, -0.1) is 0 Å². The SMILES string of the molecule is Cc1cc(N)cc(C)c1OCc1ccn(C(C)C)n1. The maximum absolute atomic E-state index is 5.87. The van der Waals surface area contributed by atoms with Crippen LogP contribution in [0.5, 0.6) is 5.75 Å². The molecule has 2 aromatic rings. The van der Waals surface area contributed by atoms with Gasteiger partial charge in [0.15, 0.2) is 0 Å². The van der Waals surface area contributed by atoms with Gasteiger partial charge in [-0.3, -0.25) is 4.68 Å². The second-order valence-corrected chi connectivity index (χ2v) is 5.15. The van der Waals surface area contributed by atoms with E-state index in [2.05, 4.69) is 18.9 Å². The molecule has 2 rings (SSSR count). The number of rotatable bonds is 4. The molecule has 1 aromatic carbocycles. The third-order valence-corrected chi connectivity index (χ3v) is 3.04. The number of nitrogens with zero attached hydrogens (tertiary/aromatic N) is 2. The van der Waals surface area contributed by atoms with Gasteiger partial charge in [-0.1, -0.05) is 0 Å². The van der Waals surface area contributed by atoms with E-state index in [4.69, 9.17) is 10.5 Å². The quantitative estimate of drug-likeness (QED) is 0.857. The average molecular weight is 259 g/mol. The zero-order valence-electron chi connectivity index (χ0n) is 12.0.